The maximum atomic E-state index is 13.3. The molecule has 0 radical (unpaired) electrons. The van der Waals surface area contributed by atoms with Crippen molar-refractivity contribution in [1.82, 2.24) is 0 Å². The van der Waals surface area contributed by atoms with Crippen LogP contribution in [-0.4, -0.2) is 13.1 Å². The van der Waals surface area contributed by atoms with Gasteiger partial charge in [-0.05, 0) is 42.0 Å². The van der Waals surface area contributed by atoms with Crippen molar-refractivity contribution in [3.05, 3.63) is 57.8 Å². The molecule has 0 bridgehead atoms. The summed E-state index contributed by atoms with van der Waals surface area (Å²) in [6.45, 7) is 0.115. The molecule has 2 aromatic rings. The third-order valence-corrected chi connectivity index (χ3v) is 3.18. The SMILES string of the molecule is COC(=O)c1cc(N)ccc1OCc1cc(F)cc(Br)c1. The highest BCUT2D eigenvalue weighted by Crippen LogP contribution is 2.24. The Morgan fingerprint density at radius 3 is 2.71 bits per heavy atom. The molecule has 0 saturated carbocycles. The van der Waals surface area contributed by atoms with Crippen molar-refractivity contribution in [3.8, 4) is 5.75 Å². The van der Waals surface area contributed by atoms with Crippen LogP contribution in [0.1, 0.15) is 15.9 Å². The summed E-state index contributed by atoms with van der Waals surface area (Å²) < 4.78 is 24.2. The number of esters is 1. The molecule has 6 heteroatoms. The Labute approximate surface area is 129 Å². The predicted octanol–water partition coefficient (Wildman–Crippen LogP) is 3.54. The average Bonchev–Trinajstić information content (AvgIpc) is 2.44. The van der Waals surface area contributed by atoms with E-state index in [0.29, 0.717) is 21.5 Å². The van der Waals surface area contributed by atoms with Crippen LogP contribution < -0.4 is 10.5 Å². The van der Waals surface area contributed by atoms with Gasteiger partial charge < -0.3 is 15.2 Å². The molecule has 2 aromatic carbocycles. The molecule has 2 N–H and O–H groups in total. The Kier molecular flexibility index (Phi) is 4.80. The fourth-order valence-electron chi connectivity index (χ4n) is 1.80. The summed E-state index contributed by atoms with van der Waals surface area (Å²) in [7, 11) is 1.28. The summed E-state index contributed by atoms with van der Waals surface area (Å²) in [5, 5.41) is 0. The molecule has 110 valence electrons. The van der Waals surface area contributed by atoms with Gasteiger partial charge in [0, 0.05) is 10.2 Å². The van der Waals surface area contributed by atoms with Gasteiger partial charge in [-0.15, -0.1) is 0 Å². The third kappa shape index (κ3) is 3.95. The van der Waals surface area contributed by atoms with E-state index in [9.17, 15) is 9.18 Å². The molecular formula is C15H13BrFNO3. The molecule has 0 aliphatic rings. The molecule has 0 spiro atoms. The average molecular weight is 354 g/mol. The first-order chi connectivity index (χ1) is 9.99. The van der Waals surface area contributed by atoms with Crippen LogP contribution in [0.5, 0.6) is 5.75 Å². The van der Waals surface area contributed by atoms with E-state index in [0.717, 1.165) is 0 Å². The van der Waals surface area contributed by atoms with Crippen molar-refractivity contribution in [2.45, 2.75) is 6.61 Å². The van der Waals surface area contributed by atoms with E-state index in [-0.39, 0.29) is 18.0 Å². The number of rotatable bonds is 4. The molecule has 2 rings (SSSR count). The van der Waals surface area contributed by atoms with Crippen molar-refractivity contribution in [3.63, 3.8) is 0 Å². The topological polar surface area (TPSA) is 61.5 Å². The lowest BCUT2D eigenvalue weighted by Crippen LogP contribution is -2.07. The molecule has 0 unspecified atom stereocenters. The summed E-state index contributed by atoms with van der Waals surface area (Å²) in [5.74, 6) is -0.581. The minimum Gasteiger partial charge on any atom is -0.488 e. The first-order valence-electron chi connectivity index (χ1n) is 6.05. The first-order valence-corrected chi connectivity index (χ1v) is 6.84. The number of methoxy groups -OCH3 is 1. The molecular weight excluding hydrogens is 341 g/mol. The maximum absolute atomic E-state index is 13.3. The number of hydrogen-bond donors (Lipinski definition) is 1. The van der Waals surface area contributed by atoms with Gasteiger partial charge in [0.05, 0.1) is 7.11 Å². The molecule has 0 fully saturated rings. The summed E-state index contributed by atoms with van der Waals surface area (Å²) >= 11 is 3.21. The number of ether oxygens (including phenoxy) is 2. The summed E-state index contributed by atoms with van der Waals surface area (Å²) in [6, 6.07) is 9.12. The minimum absolute atomic E-state index is 0.115. The second-order valence-corrected chi connectivity index (χ2v) is 5.23. The minimum atomic E-state index is -0.544. The summed E-state index contributed by atoms with van der Waals surface area (Å²) in [6.07, 6.45) is 0. The highest BCUT2D eigenvalue weighted by Gasteiger charge is 2.14. The van der Waals surface area contributed by atoms with Gasteiger partial charge in [-0.3, -0.25) is 0 Å². The summed E-state index contributed by atoms with van der Waals surface area (Å²) in [4.78, 5) is 11.7. The molecule has 0 atom stereocenters. The van der Waals surface area contributed by atoms with Crippen LogP contribution in [0, 0.1) is 5.82 Å². The highest BCUT2D eigenvalue weighted by atomic mass is 79.9. The van der Waals surface area contributed by atoms with Crippen LogP contribution >= 0.6 is 15.9 Å². The molecule has 0 saturated heterocycles. The quantitative estimate of drug-likeness (QED) is 0.674. The van der Waals surface area contributed by atoms with Gasteiger partial charge in [0.25, 0.3) is 0 Å². The van der Waals surface area contributed by atoms with Crippen LogP contribution in [0.25, 0.3) is 0 Å². The molecule has 21 heavy (non-hydrogen) atoms. The van der Waals surface area contributed by atoms with Crippen molar-refractivity contribution in [1.29, 1.82) is 0 Å². The van der Waals surface area contributed by atoms with E-state index in [4.69, 9.17) is 10.5 Å². The monoisotopic (exact) mass is 353 g/mol. The van der Waals surface area contributed by atoms with E-state index < -0.39 is 5.97 Å². The number of hydrogen-bond acceptors (Lipinski definition) is 4. The van der Waals surface area contributed by atoms with Gasteiger partial charge in [-0.1, -0.05) is 15.9 Å². The van der Waals surface area contributed by atoms with Crippen molar-refractivity contribution >= 4 is 27.6 Å². The van der Waals surface area contributed by atoms with Crippen LogP contribution in [0.4, 0.5) is 10.1 Å². The van der Waals surface area contributed by atoms with Gasteiger partial charge in [0.1, 0.15) is 23.7 Å². The number of nitrogen functional groups attached to an aromatic ring is 1. The van der Waals surface area contributed by atoms with Gasteiger partial charge >= 0.3 is 5.97 Å². The lowest BCUT2D eigenvalue weighted by Gasteiger charge is -2.11. The maximum Gasteiger partial charge on any atom is 0.341 e. The number of benzene rings is 2. The number of carbonyl (C=O) groups is 1. The lowest BCUT2D eigenvalue weighted by atomic mass is 10.1. The number of nitrogens with two attached hydrogens (primary N) is 1. The summed E-state index contributed by atoms with van der Waals surface area (Å²) in [5.41, 5.74) is 6.94. The molecule has 0 amide bonds. The van der Waals surface area contributed by atoms with Gasteiger partial charge in [-0.2, -0.15) is 0 Å². The number of halogens is 2. The molecule has 0 aliphatic heterocycles. The Balaban J connectivity index is 2.21. The van der Waals surface area contributed by atoms with Gasteiger partial charge in [0.2, 0.25) is 0 Å². The zero-order valence-corrected chi connectivity index (χ0v) is 12.8. The second kappa shape index (κ2) is 6.58. The third-order valence-electron chi connectivity index (χ3n) is 2.73. The van der Waals surface area contributed by atoms with Crippen molar-refractivity contribution in [2.24, 2.45) is 0 Å². The normalized spacial score (nSPS) is 10.2. The van der Waals surface area contributed by atoms with Crippen LogP contribution in [0.2, 0.25) is 0 Å². The molecule has 0 aromatic heterocycles. The van der Waals surface area contributed by atoms with Crippen LogP contribution in [0.15, 0.2) is 40.9 Å². The van der Waals surface area contributed by atoms with Crippen LogP contribution in [-0.2, 0) is 11.3 Å². The molecule has 0 aliphatic carbocycles. The standard InChI is InChI=1S/C15H13BrFNO3/c1-20-15(19)13-7-12(18)2-3-14(13)21-8-9-4-10(16)6-11(17)5-9/h2-7H,8,18H2,1H3. The Bertz CT molecular complexity index is 656. The molecule has 4 nitrogen and oxygen atoms in total. The van der Waals surface area contributed by atoms with E-state index in [1.807, 2.05) is 0 Å². The fourth-order valence-corrected chi connectivity index (χ4v) is 2.31. The smallest absolute Gasteiger partial charge is 0.341 e. The van der Waals surface area contributed by atoms with Crippen LogP contribution in [0.3, 0.4) is 0 Å². The number of carbonyl (C=O) groups excluding carboxylic acids is 1. The second-order valence-electron chi connectivity index (χ2n) is 4.31. The Morgan fingerprint density at radius 1 is 1.29 bits per heavy atom. The Hall–Kier alpha value is -2.08. The zero-order valence-electron chi connectivity index (χ0n) is 11.2. The van der Waals surface area contributed by atoms with E-state index in [2.05, 4.69) is 20.7 Å². The predicted molar refractivity (Wildman–Crippen MR) is 80.6 cm³/mol. The van der Waals surface area contributed by atoms with Gasteiger partial charge in [0.15, 0.2) is 0 Å². The highest BCUT2D eigenvalue weighted by molar-refractivity contribution is 9.10. The lowest BCUT2D eigenvalue weighted by molar-refractivity contribution is 0.0595. The van der Waals surface area contributed by atoms with Crippen molar-refractivity contribution in [2.75, 3.05) is 12.8 Å². The first kappa shape index (κ1) is 15.3. The molecule has 0 heterocycles. The number of anilines is 1. The Morgan fingerprint density at radius 2 is 2.05 bits per heavy atom. The fraction of sp³-hybridized carbons (Fsp3) is 0.133. The van der Waals surface area contributed by atoms with E-state index in [1.165, 1.54) is 25.3 Å². The van der Waals surface area contributed by atoms with E-state index in [1.54, 1.807) is 18.2 Å². The van der Waals surface area contributed by atoms with Gasteiger partial charge in [-0.25, -0.2) is 9.18 Å². The zero-order chi connectivity index (χ0) is 15.4. The van der Waals surface area contributed by atoms with Crippen molar-refractivity contribution < 1.29 is 18.7 Å². The largest absolute Gasteiger partial charge is 0.488 e. The van der Waals surface area contributed by atoms with E-state index >= 15 is 0 Å².